The van der Waals surface area contributed by atoms with Crippen molar-refractivity contribution in [3.8, 4) is 44.5 Å². The van der Waals surface area contributed by atoms with E-state index in [0.717, 1.165) is 0 Å². The minimum atomic E-state index is 1.22. The van der Waals surface area contributed by atoms with Gasteiger partial charge in [0.05, 0.1) is 0 Å². The monoisotopic (exact) mass is 632 g/mol. The number of hydrogen-bond donors (Lipinski definition) is 0. The Kier molecular flexibility index (Phi) is 6.60. The predicted octanol–water partition coefficient (Wildman–Crippen LogP) is 14.1. The lowest BCUT2D eigenvalue weighted by atomic mass is 9.85. The number of fused-ring (bicyclic) bond motifs is 6. The summed E-state index contributed by atoms with van der Waals surface area (Å²) < 4.78 is 0. The Labute approximate surface area is 291 Å². The second kappa shape index (κ2) is 11.6. The topological polar surface area (TPSA) is 0 Å². The lowest BCUT2D eigenvalue weighted by molar-refractivity contribution is 1.62. The van der Waals surface area contributed by atoms with Crippen LogP contribution < -0.4 is 0 Å². The summed E-state index contributed by atoms with van der Waals surface area (Å²) in [7, 11) is 0. The second-order valence-electron chi connectivity index (χ2n) is 13.2. The molecule has 50 heavy (non-hydrogen) atoms. The molecule has 0 aliphatic carbocycles. The first kappa shape index (κ1) is 28.5. The van der Waals surface area contributed by atoms with Crippen LogP contribution in [0.3, 0.4) is 0 Å². The van der Waals surface area contributed by atoms with Crippen molar-refractivity contribution in [3.05, 3.63) is 194 Å². The van der Waals surface area contributed by atoms with E-state index in [0.29, 0.717) is 0 Å². The van der Waals surface area contributed by atoms with E-state index in [2.05, 4.69) is 194 Å². The molecular weight excluding hydrogens is 601 g/mol. The van der Waals surface area contributed by atoms with E-state index in [1.807, 2.05) is 0 Å². The highest BCUT2D eigenvalue weighted by Gasteiger charge is 2.17. The standard InChI is InChI=1S/C50H32/c1-3-13-41-34(10-1)12-9-19-43(41)36-22-27-38(28-23-36)50-47-17-7-5-15-45(47)49(46-16-6-8-18-48(46)50)37-25-20-33(21-26-37)39-30-31-44-40(32-39)29-24-35-11-2-4-14-42(35)44/h1-32H. The average Bonchev–Trinajstić information content (AvgIpc) is 3.19. The van der Waals surface area contributed by atoms with Gasteiger partial charge in [-0.15, -0.1) is 0 Å². The molecule has 0 heterocycles. The quantitative estimate of drug-likeness (QED) is 0.134. The molecule has 10 aromatic carbocycles. The summed E-state index contributed by atoms with van der Waals surface area (Å²) in [5, 5.41) is 12.8. The summed E-state index contributed by atoms with van der Waals surface area (Å²) in [5.74, 6) is 0. The summed E-state index contributed by atoms with van der Waals surface area (Å²) in [6, 6.07) is 71.3. The van der Waals surface area contributed by atoms with Crippen LogP contribution in [0.4, 0.5) is 0 Å². The van der Waals surface area contributed by atoms with Crippen LogP contribution in [0.2, 0.25) is 0 Å². The zero-order valence-corrected chi connectivity index (χ0v) is 27.5. The van der Waals surface area contributed by atoms with Gasteiger partial charge in [0.25, 0.3) is 0 Å². The van der Waals surface area contributed by atoms with Crippen molar-refractivity contribution < 1.29 is 0 Å². The van der Waals surface area contributed by atoms with Gasteiger partial charge in [0.2, 0.25) is 0 Å². The highest BCUT2D eigenvalue weighted by Crippen LogP contribution is 2.44. The van der Waals surface area contributed by atoms with E-state index >= 15 is 0 Å². The number of benzene rings is 10. The highest BCUT2D eigenvalue weighted by molar-refractivity contribution is 6.21. The molecule has 232 valence electrons. The molecule has 0 amide bonds. The fourth-order valence-electron chi connectivity index (χ4n) is 8.07. The molecule has 0 aliphatic heterocycles. The van der Waals surface area contributed by atoms with Crippen LogP contribution in [-0.4, -0.2) is 0 Å². The Bertz CT molecular complexity index is 2830. The van der Waals surface area contributed by atoms with E-state index in [1.54, 1.807) is 0 Å². The Morgan fingerprint density at radius 2 is 0.600 bits per heavy atom. The van der Waals surface area contributed by atoms with E-state index in [1.165, 1.54) is 98.4 Å². The van der Waals surface area contributed by atoms with Gasteiger partial charge in [-0.1, -0.05) is 188 Å². The maximum atomic E-state index is 2.32. The summed E-state index contributed by atoms with van der Waals surface area (Å²) in [4.78, 5) is 0. The normalized spacial score (nSPS) is 11.6. The molecule has 0 spiro atoms. The van der Waals surface area contributed by atoms with Gasteiger partial charge >= 0.3 is 0 Å². The molecule has 0 atom stereocenters. The van der Waals surface area contributed by atoms with Crippen LogP contribution in [0.1, 0.15) is 0 Å². The first-order valence-corrected chi connectivity index (χ1v) is 17.3. The molecule has 0 unspecified atom stereocenters. The van der Waals surface area contributed by atoms with Crippen molar-refractivity contribution in [3.63, 3.8) is 0 Å². The number of hydrogen-bond acceptors (Lipinski definition) is 0. The van der Waals surface area contributed by atoms with E-state index < -0.39 is 0 Å². The van der Waals surface area contributed by atoms with Crippen molar-refractivity contribution >= 4 is 53.9 Å². The molecule has 0 bridgehead atoms. The Balaban J connectivity index is 1.08. The molecule has 0 heteroatoms. The fourth-order valence-corrected chi connectivity index (χ4v) is 8.07. The van der Waals surface area contributed by atoms with Crippen LogP contribution in [0.5, 0.6) is 0 Å². The molecule has 0 nitrogen and oxygen atoms in total. The highest BCUT2D eigenvalue weighted by atomic mass is 14.2. The Morgan fingerprint density at radius 3 is 1.20 bits per heavy atom. The SMILES string of the molecule is c1ccc2c(-c3ccc(-c4c5ccccc5c(-c5ccc(-c6ccc7c(ccc8ccccc87)c6)cc5)c5ccccc45)cc3)cccc2c1. The zero-order valence-electron chi connectivity index (χ0n) is 27.5. The predicted molar refractivity (Wildman–Crippen MR) is 216 cm³/mol. The third kappa shape index (κ3) is 4.61. The van der Waals surface area contributed by atoms with Crippen molar-refractivity contribution in [2.75, 3.05) is 0 Å². The van der Waals surface area contributed by atoms with Crippen LogP contribution in [0, 0.1) is 0 Å². The smallest absolute Gasteiger partial charge is 0.00264 e. The minimum Gasteiger partial charge on any atom is -0.0616 e. The molecule has 0 N–H and O–H groups in total. The van der Waals surface area contributed by atoms with Crippen LogP contribution in [0.15, 0.2) is 194 Å². The molecule has 0 aromatic heterocycles. The summed E-state index contributed by atoms with van der Waals surface area (Å²) >= 11 is 0. The van der Waals surface area contributed by atoms with Crippen molar-refractivity contribution in [2.24, 2.45) is 0 Å². The molecule has 0 radical (unpaired) electrons. The lowest BCUT2D eigenvalue weighted by Crippen LogP contribution is -1.91. The van der Waals surface area contributed by atoms with E-state index in [4.69, 9.17) is 0 Å². The lowest BCUT2D eigenvalue weighted by Gasteiger charge is -2.18. The van der Waals surface area contributed by atoms with Gasteiger partial charge in [0, 0.05) is 0 Å². The van der Waals surface area contributed by atoms with Gasteiger partial charge in [-0.2, -0.15) is 0 Å². The molecule has 0 aliphatic rings. The molecular formula is C50H32. The Hall–Kier alpha value is -6.50. The summed E-state index contributed by atoms with van der Waals surface area (Å²) in [5.41, 5.74) is 9.97. The van der Waals surface area contributed by atoms with Gasteiger partial charge in [0.1, 0.15) is 0 Å². The maximum Gasteiger partial charge on any atom is -0.00264 e. The maximum absolute atomic E-state index is 2.32. The largest absolute Gasteiger partial charge is 0.0616 e. The first-order valence-electron chi connectivity index (χ1n) is 17.3. The van der Waals surface area contributed by atoms with Gasteiger partial charge in [0.15, 0.2) is 0 Å². The van der Waals surface area contributed by atoms with Crippen molar-refractivity contribution in [1.29, 1.82) is 0 Å². The minimum absolute atomic E-state index is 1.22. The molecule has 0 fully saturated rings. The van der Waals surface area contributed by atoms with Crippen LogP contribution in [0.25, 0.3) is 98.4 Å². The van der Waals surface area contributed by atoms with Gasteiger partial charge < -0.3 is 0 Å². The zero-order chi connectivity index (χ0) is 33.0. The number of rotatable bonds is 4. The van der Waals surface area contributed by atoms with Crippen molar-refractivity contribution in [1.82, 2.24) is 0 Å². The Morgan fingerprint density at radius 1 is 0.200 bits per heavy atom. The van der Waals surface area contributed by atoms with E-state index in [9.17, 15) is 0 Å². The molecule has 0 saturated heterocycles. The summed E-state index contributed by atoms with van der Waals surface area (Å²) in [6.07, 6.45) is 0. The second-order valence-corrected chi connectivity index (χ2v) is 13.2. The third-order valence-electron chi connectivity index (χ3n) is 10.5. The van der Waals surface area contributed by atoms with E-state index in [-0.39, 0.29) is 0 Å². The van der Waals surface area contributed by atoms with Gasteiger partial charge in [-0.3, -0.25) is 0 Å². The summed E-state index contributed by atoms with van der Waals surface area (Å²) in [6.45, 7) is 0. The van der Waals surface area contributed by atoms with Gasteiger partial charge in [-0.05, 0) is 104 Å². The van der Waals surface area contributed by atoms with Gasteiger partial charge in [-0.25, -0.2) is 0 Å². The van der Waals surface area contributed by atoms with Crippen molar-refractivity contribution in [2.45, 2.75) is 0 Å². The van der Waals surface area contributed by atoms with Crippen LogP contribution in [-0.2, 0) is 0 Å². The third-order valence-corrected chi connectivity index (χ3v) is 10.5. The average molecular weight is 633 g/mol. The molecule has 10 rings (SSSR count). The molecule has 10 aromatic rings. The first-order chi connectivity index (χ1) is 24.8. The molecule has 0 saturated carbocycles. The van der Waals surface area contributed by atoms with Crippen LogP contribution >= 0.6 is 0 Å². The fraction of sp³-hybridized carbons (Fsp3) is 0.